The molecule has 2 aliphatic heterocycles. The van der Waals surface area contributed by atoms with Crippen molar-refractivity contribution < 1.29 is 23.7 Å². The molecule has 0 radical (unpaired) electrons. The maximum atomic E-state index is 12.3. The Hall–Kier alpha value is -1.50. The number of amides is 1. The van der Waals surface area contributed by atoms with E-state index in [-0.39, 0.29) is 24.5 Å². The summed E-state index contributed by atoms with van der Waals surface area (Å²) >= 11 is 6.24. The monoisotopic (exact) mass is 341 g/mol. The van der Waals surface area contributed by atoms with Gasteiger partial charge in [-0.25, -0.2) is 0 Å². The standard InChI is InChI=1S/C16H20ClNO5/c1-20-15-9-21-3-2-12(15)18-16(19)7-10-6-13-14(8-11(10)17)23-5-4-22-13/h6,8,12,15H,2-5,7,9H2,1H3,(H,18,19)/t12-,15-/m1/s1. The number of carbonyl (C=O) groups excluding carboxylic acids is 1. The average molecular weight is 342 g/mol. The van der Waals surface area contributed by atoms with Gasteiger partial charge >= 0.3 is 0 Å². The van der Waals surface area contributed by atoms with E-state index in [2.05, 4.69) is 5.32 Å². The van der Waals surface area contributed by atoms with Gasteiger partial charge in [0.05, 0.1) is 19.1 Å². The lowest BCUT2D eigenvalue weighted by atomic mass is 10.0. The lowest BCUT2D eigenvalue weighted by Crippen LogP contribution is -2.50. The number of carbonyl (C=O) groups is 1. The van der Waals surface area contributed by atoms with E-state index in [0.717, 1.165) is 12.0 Å². The highest BCUT2D eigenvalue weighted by atomic mass is 35.5. The number of halogens is 1. The molecule has 2 atom stereocenters. The molecule has 1 N–H and O–H groups in total. The van der Waals surface area contributed by atoms with E-state index in [1.54, 1.807) is 19.2 Å². The van der Waals surface area contributed by atoms with Crippen molar-refractivity contribution in [1.29, 1.82) is 0 Å². The van der Waals surface area contributed by atoms with E-state index in [4.69, 9.17) is 30.5 Å². The highest BCUT2D eigenvalue weighted by Gasteiger charge is 2.27. The summed E-state index contributed by atoms with van der Waals surface area (Å²) in [5.41, 5.74) is 0.717. The van der Waals surface area contributed by atoms with Crippen LogP contribution in [-0.4, -0.2) is 51.6 Å². The molecule has 1 saturated heterocycles. The van der Waals surface area contributed by atoms with E-state index in [1.165, 1.54) is 0 Å². The minimum atomic E-state index is -0.122. The van der Waals surface area contributed by atoms with Crippen molar-refractivity contribution in [2.75, 3.05) is 33.5 Å². The van der Waals surface area contributed by atoms with E-state index >= 15 is 0 Å². The van der Waals surface area contributed by atoms with Gasteiger partial charge in [-0.05, 0) is 18.1 Å². The Morgan fingerprint density at radius 2 is 2.04 bits per heavy atom. The molecular formula is C16H20ClNO5. The Bertz CT molecular complexity index is 580. The van der Waals surface area contributed by atoms with Gasteiger partial charge in [-0.15, -0.1) is 0 Å². The van der Waals surface area contributed by atoms with Gasteiger partial charge in [-0.2, -0.15) is 0 Å². The van der Waals surface area contributed by atoms with Crippen LogP contribution in [0.3, 0.4) is 0 Å². The number of hydrogen-bond donors (Lipinski definition) is 1. The molecule has 0 spiro atoms. The Kier molecular flexibility index (Phi) is 5.25. The maximum Gasteiger partial charge on any atom is 0.224 e. The van der Waals surface area contributed by atoms with Crippen LogP contribution in [0.15, 0.2) is 12.1 Å². The molecule has 7 heteroatoms. The van der Waals surface area contributed by atoms with Crippen LogP contribution in [0.5, 0.6) is 11.5 Å². The zero-order valence-electron chi connectivity index (χ0n) is 13.0. The van der Waals surface area contributed by atoms with Crippen LogP contribution < -0.4 is 14.8 Å². The number of methoxy groups -OCH3 is 1. The smallest absolute Gasteiger partial charge is 0.224 e. The molecule has 1 aromatic rings. The van der Waals surface area contributed by atoms with Gasteiger partial charge in [-0.1, -0.05) is 11.6 Å². The topological polar surface area (TPSA) is 66.0 Å². The summed E-state index contributed by atoms with van der Waals surface area (Å²) in [5, 5.41) is 3.50. The van der Waals surface area contributed by atoms with Crippen LogP contribution in [0.4, 0.5) is 0 Å². The van der Waals surface area contributed by atoms with Gasteiger partial charge < -0.3 is 24.3 Å². The first-order chi connectivity index (χ1) is 11.2. The molecule has 0 aromatic heterocycles. The molecule has 0 saturated carbocycles. The quantitative estimate of drug-likeness (QED) is 0.900. The molecule has 3 rings (SSSR count). The molecule has 2 heterocycles. The second-order valence-corrected chi connectivity index (χ2v) is 5.98. The fraction of sp³-hybridized carbons (Fsp3) is 0.562. The fourth-order valence-electron chi connectivity index (χ4n) is 2.78. The van der Waals surface area contributed by atoms with Crippen molar-refractivity contribution in [1.82, 2.24) is 5.32 Å². The Balaban J connectivity index is 1.65. The largest absolute Gasteiger partial charge is 0.486 e. The van der Waals surface area contributed by atoms with Crippen LogP contribution in [-0.2, 0) is 20.7 Å². The van der Waals surface area contributed by atoms with Crippen molar-refractivity contribution in [2.45, 2.75) is 25.0 Å². The number of ether oxygens (including phenoxy) is 4. The van der Waals surface area contributed by atoms with Gasteiger partial charge in [0.2, 0.25) is 5.91 Å². The second kappa shape index (κ2) is 7.38. The first-order valence-corrected chi connectivity index (χ1v) is 8.03. The Morgan fingerprint density at radius 1 is 1.30 bits per heavy atom. The first-order valence-electron chi connectivity index (χ1n) is 7.65. The van der Waals surface area contributed by atoms with E-state index in [0.29, 0.717) is 42.9 Å². The zero-order chi connectivity index (χ0) is 16.2. The summed E-state index contributed by atoms with van der Waals surface area (Å²) in [6.45, 7) is 2.12. The van der Waals surface area contributed by atoms with Gasteiger partial charge in [0.15, 0.2) is 11.5 Å². The highest BCUT2D eigenvalue weighted by Crippen LogP contribution is 2.35. The van der Waals surface area contributed by atoms with Gasteiger partial charge in [-0.3, -0.25) is 4.79 Å². The van der Waals surface area contributed by atoms with Crippen molar-refractivity contribution in [3.8, 4) is 11.5 Å². The summed E-state index contributed by atoms with van der Waals surface area (Å²) in [4.78, 5) is 12.3. The number of rotatable bonds is 4. The van der Waals surface area contributed by atoms with Gasteiger partial charge in [0.25, 0.3) is 0 Å². The van der Waals surface area contributed by atoms with Crippen molar-refractivity contribution in [3.63, 3.8) is 0 Å². The summed E-state index contributed by atoms with van der Waals surface area (Å²) in [7, 11) is 1.62. The molecule has 1 fully saturated rings. The van der Waals surface area contributed by atoms with E-state index in [9.17, 15) is 4.79 Å². The molecule has 126 valence electrons. The maximum absolute atomic E-state index is 12.3. The number of hydrogen-bond acceptors (Lipinski definition) is 5. The Labute approximate surface area is 140 Å². The molecule has 23 heavy (non-hydrogen) atoms. The normalized spacial score (nSPS) is 23.4. The number of fused-ring (bicyclic) bond motifs is 1. The van der Waals surface area contributed by atoms with Crippen LogP contribution in [0.25, 0.3) is 0 Å². The van der Waals surface area contributed by atoms with Crippen molar-refractivity contribution in [2.24, 2.45) is 0 Å². The minimum Gasteiger partial charge on any atom is -0.486 e. The summed E-state index contributed by atoms with van der Waals surface area (Å²) in [5.74, 6) is 1.15. The molecule has 0 unspecified atom stereocenters. The van der Waals surface area contributed by atoms with E-state index in [1.807, 2.05) is 0 Å². The molecule has 0 aliphatic carbocycles. The van der Waals surface area contributed by atoms with E-state index < -0.39 is 0 Å². The molecular weight excluding hydrogens is 322 g/mol. The lowest BCUT2D eigenvalue weighted by Gasteiger charge is -2.31. The summed E-state index contributed by atoms with van der Waals surface area (Å²) in [6.07, 6.45) is 0.797. The number of nitrogens with one attached hydrogen (secondary N) is 1. The van der Waals surface area contributed by atoms with Crippen LogP contribution in [0.2, 0.25) is 5.02 Å². The third-order valence-corrected chi connectivity index (χ3v) is 4.37. The first kappa shape index (κ1) is 16.4. The molecule has 0 bridgehead atoms. The molecule has 1 aromatic carbocycles. The average Bonchev–Trinajstić information content (AvgIpc) is 2.56. The zero-order valence-corrected chi connectivity index (χ0v) is 13.7. The summed E-state index contributed by atoms with van der Waals surface area (Å²) in [6, 6.07) is 3.43. The molecule has 1 amide bonds. The van der Waals surface area contributed by atoms with Crippen LogP contribution in [0.1, 0.15) is 12.0 Å². The third-order valence-electron chi connectivity index (χ3n) is 4.02. The van der Waals surface area contributed by atoms with Gasteiger partial charge in [0, 0.05) is 24.8 Å². The molecule has 2 aliphatic rings. The summed E-state index contributed by atoms with van der Waals surface area (Å²) < 4.78 is 21.7. The second-order valence-electron chi connectivity index (χ2n) is 5.58. The fourth-order valence-corrected chi connectivity index (χ4v) is 3.00. The van der Waals surface area contributed by atoms with Crippen LogP contribution >= 0.6 is 11.6 Å². The minimum absolute atomic E-state index is 0.0442. The number of benzene rings is 1. The molecule has 6 nitrogen and oxygen atoms in total. The highest BCUT2D eigenvalue weighted by molar-refractivity contribution is 6.31. The predicted molar refractivity (Wildman–Crippen MR) is 84.3 cm³/mol. The predicted octanol–water partition coefficient (Wildman–Crippen LogP) is 1.57. The van der Waals surface area contributed by atoms with Crippen LogP contribution in [0, 0.1) is 0 Å². The Morgan fingerprint density at radius 3 is 2.78 bits per heavy atom. The lowest BCUT2D eigenvalue weighted by molar-refractivity contribution is -0.124. The van der Waals surface area contributed by atoms with Crippen molar-refractivity contribution in [3.05, 3.63) is 22.7 Å². The SMILES string of the molecule is CO[C@@H]1COCC[C@H]1NC(=O)Cc1cc2c(cc1Cl)OCCO2. The van der Waals surface area contributed by atoms with Gasteiger partial charge in [0.1, 0.15) is 19.3 Å². The van der Waals surface area contributed by atoms with Crippen molar-refractivity contribution >= 4 is 17.5 Å². The third kappa shape index (κ3) is 3.88.